The van der Waals surface area contributed by atoms with Crippen molar-refractivity contribution in [3.05, 3.63) is 81.6 Å². The van der Waals surface area contributed by atoms with Gasteiger partial charge in [-0.2, -0.15) is 0 Å². The Balaban J connectivity index is 1.74. The summed E-state index contributed by atoms with van der Waals surface area (Å²) in [7, 11) is 1.37. The molecule has 8 nitrogen and oxygen atoms in total. The molecule has 1 atom stereocenters. The summed E-state index contributed by atoms with van der Waals surface area (Å²) in [6.45, 7) is 0.0545. The van der Waals surface area contributed by atoms with Gasteiger partial charge in [0.15, 0.2) is 11.5 Å². The van der Waals surface area contributed by atoms with Crippen LogP contribution in [0, 0.1) is 0 Å². The Labute approximate surface area is 203 Å². The number of ketones is 1. The Hall–Kier alpha value is -3.75. The van der Waals surface area contributed by atoms with E-state index in [0.717, 1.165) is 0 Å². The number of benzene rings is 2. The Bertz CT molecular complexity index is 1360. The number of hydrogen-bond acceptors (Lipinski definition) is 7. The molecule has 2 aromatic carbocycles. The van der Waals surface area contributed by atoms with E-state index in [4.69, 9.17) is 37.4 Å². The maximum absolute atomic E-state index is 13.3. The van der Waals surface area contributed by atoms with Gasteiger partial charge in [0.2, 0.25) is 6.79 Å². The molecule has 1 aromatic heterocycles. The molecule has 1 N–H and O–H groups in total. The van der Waals surface area contributed by atoms with E-state index in [2.05, 4.69) is 4.98 Å². The van der Waals surface area contributed by atoms with Crippen molar-refractivity contribution < 1.29 is 28.9 Å². The van der Waals surface area contributed by atoms with Gasteiger partial charge in [0.25, 0.3) is 11.7 Å². The summed E-state index contributed by atoms with van der Waals surface area (Å²) in [5.74, 6) is -1.12. The summed E-state index contributed by atoms with van der Waals surface area (Å²) in [6, 6.07) is 10.1. The highest BCUT2D eigenvalue weighted by Crippen LogP contribution is 2.46. The van der Waals surface area contributed by atoms with Crippen LogP contribution >= 0.6 is 23.2 Å². The Kier molecular flexibility index (Phi) is 5.55. The van der Waals surface area contributed by atoms with Gasteiger partial charge in [0.05, 0.1) is 29.3 Å². The number of methoxy groups -OCH3 is 1. The summed E-state index contributed by atoms with van der Waals surface area (Å²) in [5, 5.41) is 11.7. The zero-order valence-electron chi connectivity index (χ0n) is 17.6. The fourth-order valence-corrected chi connectivity index (χ4v) is 4.65. The zero-order chi connectivity index (χ0) is 24.0. The predicted molar refractivity (Wildman–Crippen MR) is 125 cm³/mol. The number of nitrogens with zero attached hydrogens (tertiary/aromatic N) is 2. The number of carbonyl (C=O) groups is 2. The molecule has 1 saturated heterocycles. The largest absolute Gasteiger partial charge is 0.507 e. The summed E-state index contributed by atoms with van der Waals surface area (Å²) in [5.41, 5.74) is 0.813. The number of anilines is 1. The maximum Gasteiger partial charge on any atom is 0.300 e. The third-order valence-corrected chi connectivity index (χ3v) is 6.05. The van der Waals surface area contributed by atoms with Crippen LogP contribution in [-0.2, 0) is 9.59 Å². The molecule has 0 aliphatic carbocycles. The van der Waals surface area contributed by atoms with Crippen LogP contribution in [0.1, 0.15) is 17.2 Å². The van der Waals surface area contributed by atoms with E-state index in [9.17, 15) is 14.7 Å². The fourth-order valence-electron chi connectivity index (χ4n) is 4.08. The van der Waals surface area contributed by atoms with Crippen molar-refractivity contribution in [1.29, 1.82) is 0 Å². The van der Waals surface area contributed by atoms with Gasteiger partial charge in [-0.05, 0) is 35.9 Å². The average Bonchev–Trinajstić information content (AvgIpc) is 3.40. The second-order valence-electron chi connectivity index (χ2n) is 7.46. The average molecular weight is 499 g/mol. The minimum Gasteiger partial charge on any atom is -0.507 e. The molecule has 3 aromatic rings. The van der Waals surface area contributed by atoms with Crippen molar-refractivity contribution in [3.63, 3.8) is 0 Å². The molecule has 2 aliphatic rings. The lowest BCUT2D eigenvalue weighted by Crippen LogP contribution is -2.29. The smallest absolute Gasteiger partial charge is 0.300 e. The molecule has 0 radical (unpaired) electrons. The van der Waals surface area contributed by atoms with Crippen LogP contribution in [0.4, 0.5) is 5.69 Å². The first-order valence-electron chi connectivity index (χ1n) is 10.0. The van der Waals surface area contributed by atoms with Crippen molar-refractivity contribution >= 4 is 46.3 Å². The molecular weight excluding hydrogens is 483 g/mol. The topological polar surface area (TPSA) is 98.2 Å². The molecule has 172 valence electrons. The van der Waals surface area contributed by atoms with Gasteiger partial charge in [-0.3, -0.25) is 19.5 Å². The number of aromatic nitrogens is 1. The second-order valence-corrected chi connectivity index (χ2v) is 8.31. The molecule has 1 unspecified atom stereocenters. The number of ether oxygens (including phenoxy) is 3. The van der Waals surface area contributed by atoms with Gasteiger partial charge in [-0.25, -0.2) is 0 Å². The third kappa shape index (κ3) is 3.52. The van der Waals surface area contributed by atoms with E-state index in [0.29, 0.717) is 22.7 Å². The van der Waals surface area contributed by atoms with Gasteiger partial charge >= 0.3 is 0 Å². The number of hydrogen-bond donors (Lipinski definition) is 1. The standard InChI is InChI=1S/C24H16Cl2N2O6/c1-32-23-15(7-13(25)8-16(23)26)21(29)19-20(12-3-2-6-27-10-12)28(24(31)22(19)30)14-4-5-17-18(9-14)34-11-33-17/h2-10,20,29H,11H2,1H3/b21-19+. The second kappa shape index (κ2) is 8.55. The molecule has 2 aliphatic heterocycles. The van der Waals surface area contributed by atoms with E-state index in [-0.39, 0.29) is 33.7 Å². The summed E-state index contributed by atoms with van der Waals surface area (Å²) in [4.78, 5) is 32.0. The first-order chi connectivity index (χ1) is 16.4. The molecular formula is C24H16Cl2N2O6. The van der Waals surface area contributed by atoms with Crippen LogP contribution in [0.3, 0.4) is 0 Å². The molecule has 1 fully saturated rings. The Morgan fingerprint density at radius 3 is 2.68 bits per heavy atom. The number of aliphatic hydroxyl groups is 1. The maximum atomic E-state index is 13.3. The highest BCUT2D eigenvalue weighted by atomic mass is 35.5. The number of halogens is 2. The lowest BCUT2D eigenvalue weighted by molar-refractivity contribution is -0.132. The third-order valence-electron chi connectivity index (χ3n) is 5.55. The summed E-state index contributed by atoms with van der Waals surface area (Å²) < 4.78 is 16.1. The molecule has 10 heteroatoms. The Morgan fingerprint density at radius 1 is 1.15 bits per heavy atom. The van der Waals surface area contributed by atoms with E-state index >= 15 is 0 Å². The highest BCUT2D eigenvalue weighted by molar-refractivity contribution is 6.52. The van der Waals surface area contributed by atoms with Crippen molar-refractivity contribution in [1.82, 2.24) is 4.98 Å². The minimum atomic E-state index is -0.989. The fraction of sp³-hybridized carbons (Fsp3) is 0.125. The number of pyridine rings is 1. The number of fused-ring (bicyclic) bond motifs is 1. The number of carbonyl (C=O) groups excluding carboxylic acids is 2. The van der Waals surface area contributed by atoms with Crippen LogP contribution < -0.4 is 19.1 Å². The monoisotopic (exact) mass is 498 g/mol. The quantitative estimate of drug-likeness (QED) is 0.314. The molecule has 0 saturated carbocycles. The van der Waals surface area contributed by atoms with E-state index in [1.807, 2.05) is 0 Å². The van der Waals surface area contributed by atoms with Crippen molar-refractivity contribution in [3.8, 4) is 17.2 Å². The van der Waals surface area contributed by atoms with Crippen LogP contribution in [-0.4, -0.2) is 35.7 Å². The van der Waals surface area contributed by atoms with Gasteiger partial charge in [-0.15, -0.1) is 0 Å². The minimum absolute atomic E-state index is 0.0545. The number of Topliss-reactive ketones (excluding diaryl/α,β-unsaturated/α-hetero) is 1. The van der Waals surface area contributed by atoms with Crippen molar-refractivity contribution in [2.75, 3.05) is 18.8 Å². The first-order valence-corrected chi connectivity index (χ1v) is 10.8. The van der Waals surface area contributed by atoms with Crippen LogP contribution in [0.5, 0.6) is 17.2 Å². The molecule has 5 rings (SSSR count). The van der Waals surface area contributed by atoms with Gasteiger partial charge in [0, 0.05) is 29.2 Å². The lowest BCUT2D eigenvalue weighted by atomic mass is 9.95. The van der Waals surface area contributed by atoms with Gasteiger partial charge in [-0.1, -0.05) is 29.3 Å². The zero-order valence-corrected chi connectivity index (χ0v) is 19.1. The van der Waals surface area contributed by atoms with Crippen LogP contribution in [0.15, 0.2) is 60.4 Å². The summed E-state index contributed by atoms with van der Waals surface area (Å²) >= 11 is 12.4. The molecule has 1 amide bonds. The van der Waals surface area contributed by atoms with Crippen molar-refractivity contribution in [2.24, 2.45) is 0 Å². The molecule has 3 heterocycles. The number of rotatable bonds is 4. The predicted octanol–water partition coefficient (Wildman–Crippen LogP) is 4.75. The van der Waals surface area contributed by atoms with Gasteiger partial charge < -0.3 is 19.3 Å². The SMILES string of the molecule is COc1c(Cl)cc(Cl)cc1/C(O)=C1\C(=O)C(=O)N(c2ccc3c(c2)OCO3)C1c1cccnc1. The number of amides is 1. The van der Waals surface area contributed by atoms with Crippen LogP contribution in [0.25, 0.3) is 5.76 Å². The van der Waals surface area contributed by atoms with E-state index in [1.54, 1.807) is 36.5 Å². The molecule has 34 heavy (non-hydrogen) atoms. The normalized spacial score (nSPS) is 18.4. The first kappa shape index (κ1) is 22.1. The molecule has 0 bridgehead atoms. The highest BCUT2D eigenvalue weighted by Gasteiger charge is 2.47. The Morgan fingerprint density at radius 2 is 1.94 bits per heavy atom. The van der Waals surface area contributed by atoms with Crippen LogP contribution in [0.2, 0.25) is 10.0 Å². The van der Waals surface area contributed by atoms with E-state index in [1.165, 1.54) is 30.3 Å². The lowest BCUT2D eigenvalue weighted by Gasteiger charge is -2.25. The number of aliphatic hydroxyl groups excluding tert-OH is 1. The van der Waals surface area contributed by atoms with Gasteiger partial charge in [0.1, 0.15) is 11.5 Å². The van der Waals surface area contributed by atoms with Crippen molar-refractivity contribution in [2.45, 2.75) is 6.04 Å². The van der Waals surface area contributed by atoms with E-state index < -0.39 is 23.5 Å². The summed E-state index contributed by atoms with van der Waals surface area (Å²) in [6.07, 6.45) is 3.09. The molecule has 0 spiro atoms.